The zero-order valence-electron chi connectivity index (χ0n) is 24.6. The lowest BCUT2D eigenvalue weighted by molar-refractivity contribution is -0.138. The minimum Gasteiger partial charge on any atom is -0.497 e. The molecule has 1 aromatic heterocycles. The quantitative estimate of drug-likeness (QED) is 0.276. The number of carbonyl (C=O) groups is 2. The average molecular weight is 614 g/mol. The Labute approximate surface area is 257 Å². The first-order chi connectivity index (χ1) is 21.3. The fourth-order valence-electron chi connectivity index (χ4n) is 4.99. The highest BCUT2D eigenvalue weighted by atomic mass is 32.1. The van der Waals surface area contributed by atoms with Crippen molar-refractivity contribution in [2.75, 3.05) is 33.3 Å². The van der Waals surface area contributed by atoms with Crippen LogP contribution in [-0.4, -0.2) is 44.4 Å². The molecule has 0 bridgehead atoms. The van der Waals surface area contributed by atoms with Gasteiger partial charge in [0.1, 0.15) is 27.7 Å². The van der Waals surface area contributed by atoms with Crippen molar-refractivity contribution in [3.05, 3.63) is 109 Å². The van der Waals surface area contributed by atoms with Crippen molar-refractivity contribution in [2.45, 2.75) is 12.8 Å². The van der Waals surface area contributed by atoms with E-state index < -0.39 is 23.4 Å². The summed E-state index contributed by atoms with van der Waals surface area (Å²) in [5.74, 6) is -0.611. The average Bonchev–Trinajstić information content (AvgIpc) is 3.36. The molecule has 226 valence electrons. The van der Waals surface area contributed by atoms with Gasteiger partial charge >= 0.3 is 5.97 Å². The molecule has 0 aliphatic carbocycles. The molecule has 3 N–H and O–H groups in total. The molecule has 0 saturated carbocycles. The second-order valence-electron chi connectivity index (χ2n) is 9.66. The third-order valence-electron chi connectivity index (χ3n) is 7.05. The minimum absolute atomic E-state index is 0.0275. The van der Waals surface area contributed by atoms with Gasteiger partial charge in [-0.2, -0.15) is 0 Å². The van der Waals surface area contributed by atoms with Gasteiger partial charge in [0.2, 0.25) is 0 Å². The van der Waals surface area contributed by atoms with Crippen molar-refractivity contribution >= 4 is 46.4 Å². The van der Waals surface area contributed by atoms with Crippen LogP contribution in [0.4, 0.5) is 5.69 Å². The van der Waals surface area contributed by atoms with E-state index in [1.165, 1.54) is 11.7 Å². The molecule has 0 spiro atoms. The maximum Gasteiger partial charge on any atom is 0.338 e. The molecule has 0 radical (unpaired) electrons. The number of esters is 1. The third-order valence-corrected chi connectivity index (χ3v) is 8.16. The summed E-state index contributed by atoms with van der Waals surface area (Å²) < 4.78 is 23.2. The molecule has 11 heteroatoms. The van der Waals surface area contributed by atoms with Crippen molar-refractivity contribution < 1.29 is 28.5 Å². The number of carbonyl (C=O) groups excluding carboxylic acids is 2. The Morgan fingerprint density at radius 1 is 0.909 bits per heavy atom. The topological polar surface area (TPSA) is 131 Å². The number of hydrogen-bond donors (Lipinski definition) is 2. The van der Waals surface area contributed by atoms with Gasteiger partial charge in [0, 0.05) is 5.69 Å². The molecule has 5 rings (SSSR count). The summed E-state index contributed by atoms with van der Waals surface area (Å²) in [4.78, 5) is 41.7. The first-order valence-corrected chi connectivity index (χ1v) is 14.5. The number of benzene rings is 3. The molecule has 10 nitrogen and oxygen atoms in total. The number of methoxy groups -OCH3 is 3. The SMILES string of the molecule is CCOC(=O)C1=C(N)n2c(s/c(=C\c3cccc(OC)c3)c2=O)=C(C(=O)Nc2ccc(OC)cc2)C1c1cccc(OC)c1. The molecule has 1 aliphatic rings. The van der Waals surface area contributed by atoms with E-state index in [9.17, 15) is 14.4 Å². The summed E-state index contributed by atoms with van der Waals surface area (Å²) in [6, 6.07) is 21.0. The van der Waals surface area contributed by atoms with Gasteiger partial charge in [-0.15, -0.1) is 11.3 Å². The van der Waals surface area contributed by atoms with Crippen molar-refractivity contribution in [3.8, 4) is 17.2 Å². The summed E-state index contributed by atoms with van der Waals surface area (Å²) >= 11 is 1.10. The van der Waals surface area contributed by atoms with Crippen LogP contribution in [0.15, 0.2) is 83.2 Å². The van der Waals surface area contributed by atoms with E-state index in [2.05, 4.69) is 5.32 Å². The number of aromatic nitrogens is 1. The zero-order chi connectivity index (χ0) is 31.4. The fourth-order valence-corrected chi connectivity index (χ4v) is 6.16. The second-order valence-corrected chi connectivity index (χ2v) is 10.7. The number of anilines is 1. The maximum absolute atomic E-state index is 14.3. The minimum atomic E-state index is -0.981. The molecule has 1 atom stereocenters. The molecular weight excluding hydrogens is 582 g/mol. The van der Waals surface area contributed by atoms with Crippen LogP contribution in [0.3, 0.4) is 0 Å². The van der Waals surface area contributed by atoms with E-state index in [-0.39, 0.29) is 28.2 Å². The van der Waals surface area contributed by atoms with Gasteiger partial charge in [-0.1, -0.05) is 24.3 Å². The summed E-state index contributed by atoms with van der Waals surface area (Å²) in [5, 5.41) is 2.92. The molecule has 0 fully saturated rings. The van der Waals surface area contributed by atoms with Gasteiger partial charge in [0.05, 0.1) is 49.5 Å². The Morgan fingerprint density at radius 3 is 2.23 bits per heavy atom. The predicted molar refractivity (Wildman–Crippen MR) is 169 cm³/mol. The highest BCUT2D eigenvalue weighted by molar-refractivity contribution is 7.07. The van der Waals surface area contributed by atoms with Crippen molar-refractivity contribution in [1.29, 1.82) is 0 Å². The molecule has 4 aromatic rings. The van der Waals surface area contributed by atoms with Crippen LogP contribution in [0.1, 0.15) is 24.0 Å². The van der Waals surface area contributed by atoms with E-state index in [4.69, 9.17) is 24.7 Å². The van der Waals surface area contributed by atoms with E-state index in [1.54, 1.807) is 87.9 Å². The second kappa shape index (κ2) is 12.9. The van der Waals surface area contributed by atoms with E-state index in [1.807, 2.05) is 12.1 Å². The van der Waals surface area contributed by atoms with Crippen LogP contribution in [-0.2, 0) is 14.3 Å². The van der Waals surface area contributed by atoms with Gasteiger partial charge in [-0.05, 0) is 72.7 Å². The van der Waals surface area contributed by atoms with Crippen molar-refractivity contribution in [2.24, 2.45) is 5.73 Å². The van der Waals surface area contributed by atoms with E-state index in [0.29, 0.717) is 38.6 Å². The Hall–Kier alpha value is -5.29. The monoisotopic (exact) mass is 613 g/mol. The Morgan fingerprint density at radius 2 is 1.57 bits per heavy atom. The fraction of sp³-hybridized carbons (Fsp3) is 0.182. The van der Waals surface area contributed by atoms with Gasteiger partial charge in [-0.25, -0.2) is 4.79 Å². The number of nitrogens with one attached hydrogen (secondary N) is 1. The smallest absolute Gasteiger partial charge is 0.338 e. The number of thiazole rings is 1. The Bertz CT molecular complexity index is 1940. The van der Waals surface area contributed by atoms with E-state index in [0.717, 1.165) is 11.3 Å². The molecule has 3 aromatic carbocycles. The third kappa shape index (κ3) is 5.82. The highest BCUT2D eigenvalue weighted by Gasteiger charge is 2.39. The van der Waals surface area contributed by atoms with Gasteiger partial charge in [0.25, 0.3) is 11.5 Å². The Balaban J connectivity index is 1.82. The number of nitrogens with zero attached hydrogens (tertiary/aromatic N) is 1. The van der Waals surface area contributed by atoms with Gasteiger partial charge < -0.3 is 30.0 Å². The number of amides is 1. The molecule has 0 saturated heterocycles. The van der Waals surface area contributed by atoms with Crippen LogP contribution in [0.2, 0.25) is 0 Å². The van der Waals surface area contributed by atoms with Crippen molar-refractivity contribution in [3.63, 3.8) is 0 Å². The Kier molecular flexibility index (Phi) is 8.86. The lowest BCUT2D eigenvalue weighted by atomic mass is 9.82. The molecular formula is C33H31N3O7S. The number of ether oxygens (including phenoxy) is 4. The first-order valence-electron chi connectivity index (χ1n) is 13.7. The molecule has 1 amide bonds. The van der Waals surface area contributed by atoms with Crippen LogP contribution >= 0.6 is 11.3 Å². The summed E-state index contributed by atoms with van der Waals surface area (Å²) in [6.45, 7) is 1.73. The lowest BCUT2D eigenvalue weighted by Crippen LogP contribution is -2.42. The van der Waals surface area contributed by atoms with Gasteiger partial charge in [-0.3, -0.25) is 14.2 Å². The van der Waals surface area contributed by atoms with Crippen LogP contribution < -0.4 is 40.0 Å². The summed E-state index contributed by atoms with van der Waals surface area (Å²) in [6.07, 6.45) is 1.69. The number of fused-ring (bicyclic) bond motifs is 1. The number of nitrogens with two attached hydrogens (primary N) is 1. The van der Waals surface area contributed by atoms with Crippen LogP contribution in [0.5, 0.6) is 17.2 Å². The van der Waals surface area contributed by atoms with Crippen molar-refractivity contribution in [1.82, 2.24) is 4.57 Å². The molecule has 2 heterocycles. The number of hydrogen-bond acceptors (Lipinski definition) is 9. The maximum atomic E-state index is 14.3. The summed E-state index contributed by atoms with van der Waals surface area (Å²) in [7, 11) is 4.63. The van der Waals surface area contributed by atoms with E-state index >= 15 is 0 Å². The zero-order valence-corrected chi connectivity index (χ0v) is 25.4. The molecule has 1 unspecified atom stereocenters. The molecule has 44 heavy (non-hydrogen) atoms. The van der Waals surface area contributed by atoms with Gasteiger partial charge in [0.15, 0.2) is 0 Å². The predicted octanol–water partition coefficient (Wildman–Crippen LogP) is 3.04. The van der Waals surface area contributed by atoms with Crippen LogP contribution in [0.25, 0.3) is 17.5 Å². The normalized spacial score (nSPS) is 14.6. The summed E-state index contributed by atoms with van der Waals surface area (Å²) in [5.41, 5.74) is 8.04. The number of rotatable bonds is 9. The highest BCUT2D eigenvalue weighted by Crippen LogP contribution is 2.39. The lowest BCUT2D eigenvalue weighted by Gasteiger charge is -2.27. The van der Waals surface area contributed by atoms with Crippen LogP contribution in [0, 0.1) is 0 Å². The largest absolute Gasteiger partial charge is 0.497 e. The standard InChI is InChI=1S/C33H31N3O7S/c1-5-43-33(39)27-26(20-9-7-11-24(18-20)42-4)28(30(37)35-21-12-14-22(40-2)15-13-21)32-36(29(27)34)31(38)25(44-32)17-19-8-6-10-23(16-19)41-3/h6-18,26H,5,34H2,1-4H3,(H,35,37)/b25-17-. The molecule has 1 aliphatic heterocycles. The first kappa shape index (κ1) is 30.2.